The third-order valence-corrected chi connectivity index (χ3v) is 4.13. The molecule has 1 atom stereocenters. The first kappa shape index (κ1) is 17.0. The lowest BCUT2D eigenvalue weighted by atomic mass is 9.93. The Kier molecular flexibility index (Phi) is 5.62. The standard InChI is InChI=1S/C21H20FNO2/c22-18-10-8-17(9-11-18)19(20-7-4-14-25-20)15-21(24)23-13-12-16-5-2-1-3-6-16/h1-11,14,19H,12-13,15H2,(H,23,24)/t19-/m1/s1. The van der Waals surface area contributed by atoms with Crippen molar-refractivity contribution in [1.82, 2.24) is 5.32 Å². The molecular weight excluding hydrogens is 317 g/mol. The zero-order valence-electron chi connectivity index (χ0n) is 13.8. The van der Waals surface area contributed by atoms with Gasteiger partial charge in [-0.3, -0.25) is 4.79 Å². The minimum Gasteiger partial charge on any atom is -0.469 e. The fraction of sp³-hybridized carbons (Fsp3) is 0.190. The summed E-state index contributed by atoms with van der Waals surface area (Å²) in [6.07, 6.45) is 2.63. The average Bonchev–Trinajstić information content (AvgIpc) is 3.16. The van der Waals surface area contributed by atoms with Crippen molar-refractivity contribution in [3.8, 4) is 0 Å². The molecule has 1 heterocycles. The quantitative estimate of drug-likeness (QED) is 0.698. The molecule has 1 aromatic heterocycles. The number of halogens is 1. The minimum absolute atomic E-state index is 0.0540. The zero-order chi connectivity index (χ0) is 17.5. The molecule has 1 N–H and O–H groups in total. The van der Waals surface area contributed by atoms with Crippen LogP contribution < -0.4 is 5.32 Å². The van der Waals surface area contributed by atoms with Crippen molar-refractivity contribution >= 4 is 5.91 Å². The van der Waals surface area contributed by atoms with Gasteiger partial charge in [0, 0.05) is 13.0 Å². The Labute approximate surface area is 146 Å². The van der Waals surface area contributed by atoms with Gasteiger partial charge in [0.15, 0.2) is 0 Å². The highest BCUT2D eigenvalue weighted by Crippen LogP contribution is 2.28. The number of hydrogen-bond donors (Lipinski definition) is 1. The van der Waals surface area contributed by atoms with Crippen molar-refractivity contribution < 1.29 is 13.6 Å². The minimum atomic E-state index is -0.297. The Balaban J connectivity index is 1.62. The summed E-state index contributed by atoms with van der Waals surface area (Å²) in [5.74, 6) is 0.119. The summed E-state index contributed by atoms with van der Waals surface area (Å²) in [5.41, 5.74) is 2.04. The maximum absolute atomic E-state index is 13.2. The first-order chi connectivity index (χ1) is 12.2. The van der Waals surface area contributed by atoms with Crippen molar-refractivity contribution in [2.24, 2.45) is 0 Å². The summed E-state index contributed by atoms with van der Waals surface area (Å²) >= 11 is 0. The number of furan rings is 1. The first-order valence-electron chi connectivity index (χ1n) is 8.32. The number of nitrogens with one attached hydrogen (secondary N) is 1. The molecule has 25 heavy (non-hydrogen) atoms. The molecule has 0 aliphatic heterocycles. The van der Waals surface area contributed by atoms with Gasteiger partial charge in [0.2, 0.25) is 5.91 Å². The Morgan fingerprint density at radius 1 is 1.00 bits per heavy atom. The summed E-state index contributed by atoms with van der Waals surface area (Å²) in [4.78, 5) is 12.4. The molecule has 3 rings (SSSR count). The van der Waals surface area contributed by atoms with Gasteiger partial charge in [0.05, 0.1) is 12.2 Å². The molecule has 0 aliphatic rings. The van der Waals surface area contributed by atoms with Gasteiger partial charge in [-0.15, -0.1) is 0 Å². The molecule has 3 aromatic rings. The largest absolute Gasteiger partial charge is 0.469 e. The second-order valence-corrected chi connectivity index (χ2v) is 5.91. The maximum Gasteiger partial charge on any atom is 0.221 e. The second-order valence-electron chi connectivity index (χ2n) is 5.91. The molecule has 0 spiro atoms. The molecule has 128 valence electrons. The maximum atomic E-state index is 13.2. The smallest absolute Gasteiger partial charge is 0.221 e. The van der Waals surface area contributed by atoms with Crippen LogP contribution in [0.3, 0.4) is 0 Å². The van der Waals surface area contributed by atoms with E-state index in [1.54, 1.807) is 24.5 Å². The molecule has 0 bridgehead atoms. The Bertz CT molecular complexity index is 783. The van der Waals surface area contributed by atoms with Gasteiger partial charge in [0.1, 0.15) is 11.6 Å². The number of hydrogen-bond acceptors (Lipinski definition) is 2. The van der Waals surface area contributed by atoms with Gasteiger partial charge < -0.3 is 9.73 Å². The van der Waals surface area contributed by atoms with Gasteiger partial charge in [0.25, 0.3) is 0 Å². The van der Waals surface area contributed by atoms with E-state index in [2.05, 4.69) is 5.32 Å². The lowest BCUT2D eigenvalue weighted by Gasteiger charge is -2.15. The number of benzene rings is 2. The van der Waals surface area contributed by atoms with E-state index in [4.69, 9.17) is 4.42 Å². The molecule has 0 aliphatic carbocycles. The Morgan fingerprint density at radius 2 is 1.76 bits per heavy atom. The molecule has 0 fully saturated rings. The normalized spacial score (nSPS) is 11.9. The lowest BCUT2D eigenvalue weighted by Crippen LogP contribution is -2.27. The van der Waals surface area contributed by atoms with E-state index in [0.29, 0.717) is 12.3 Å². The van der Waals surface area contributed by atoms with Crippen LogP contribution in [0.4, 0.5) is 4.39 Å². The molecule has 0 saturated carbocycles. The van der Waals surface area contributed by atoms with Gasteiger partial charge in [-0.2, -0.15) is 0 Å². The molecule has 4 heteroatoms. The highest BCUT2D eigenvalue weighted by Gasteiger charge is 2.20. The molecule has 0 saturated heterocycles. The summed E-state index contributed by atoms with van der Waals surface area (Å²) < 4.78 is 18.7. The van der Waals surface area contributed by atoms with Crippen LogP contribution in [-0.2, 0) is 11.2 Å². The molecule has 0 radical (unpaired) electrons. The molecular formula is C21H20FNO2. The average molecular weight is 337 g/mol. The topological polar surface area (TPSA) is 42.2 Å². The second kappa shape index (κ2) is 8.29. The summed E-state index contributed by atoms with van der Waals surface area (Å²) in [6.45, 7) is 0.580. The van der Waals surface area contributed by atoms with Gasteiger partial charge in [-0.05, 0) is 41.8 Å². The van der Waals surface area contributed by atoms with E-state index in [-0.39, 0.29) is 24.1 Å². The predicted octanol–water partition coefficient (Wildman–Crippen LogP) is 4.30. The lowest BCUT2D eigenvalue weighted by molar-refractivity contribution is -0.121. The SMILES string of the molecule is O=C(C[C@H](c1ccc(F)cc1)c1ccco1)NCCc1ccccc1. The van der Waals surface area contributed by atoms with Crippen LogP contribution >= 0.6 is 0 Å². The van der Waals surface area contributed by atoms with Crippen LogP contribution in [0.5, 0.6) is 0 Å². The fourth-order valence-corrected chi connectivity index (χ4v) is 2.82. The Morgan fingerprint density at radius 3 is 2.44 bits per heavy atom. The molecule has 3 nitrogen and oxygen atoms in total. The van der Waals surface area contributed by atoms with E-state index in [1.165, 1.54) is 17.7 Å². The van der Waals surface area contributed by atoms with Crippen LogP contribution in [-0.4, -0.2) is 12.5 Å². The molecule has 2 aromatic carbocycles. The van der Waals surface area contributed by atoms with Gasteiger partial charge in [-0.25, -0.2) is 4.39 Å². The Hall–Kier alpha value is -2.88. The number of carbonyl (C=O) groups excluding carboxylic acids is 1. The van der Waals surface area contributed by atoms with Crippen molar-refractivity contribution in [1.29, 1.82) is 0 Å². The van der Waals surface area contributed by atoms with Crippen LogP contribution in [0, 0.1) is 5.82 Å². The van der Waals surface area contributed by atoms with Crippen molar-refractivity contribution in [3.63, 3.8) is 0 Å². The van der Waals surface area contributed by atoms with E-state index in [9.17, 15) is 9.18 Å². The number of rotatable bonds is 7. The molecule has 1 amide bonds. The van der Waals surface area contributed by atoms with Crippen molar-refractivity contribution in [2.75, 3.05) is 6.54 Å². The van der Waals surface area contributed by atoms with E-state index in [0.717, 1.165) is 12.0 Å². The van der Waals surface area contributed by atoms with E-state index >= 15 is 0 Å². The first-order valence-corrected chi connectivity index (χ1v) is 8.32. The van der Waals surface area contributed by atoms with Gasteiger partial charge >= 0.3 is 0 Å². The molecule has 0 unspecified atom stereocenters. The highest BCUT2D eigenvalue weighted by molar-refractivity contribution is 5.77. The van der Waals surface area contributed by atoms with Crippen molar-refractivity contribution in [3.05, 3.63) is 95.7 Å². The van der Waals surface area contributed by atoms with Crippen LogP contribution in [0.1, 0.15) is 29.2 Å². The number of amides is 1. The van der Waals surface area contributed by atoms with Crippen LogP contribution in [0.2, 0.25) is 0 Å². The predicted molar refractivity (Wildman–Crippen MR) is 94.7 cm³/mol. The highest BCUT2D eigenvalue weighted by atomic mass is 19.1. The monoisotopic (exact) mass is 337 g/mol. The van der Waals surface area contributed by atoms with Crippen molar-refractivity contribution in [2.45, 2.75) is 18.8 Å². The summed E-state index contributed by atoms with van der Waals surface area (Å²) in [6, 6.07) is 19.8. The van der Waals surface area contributed by atoms with Gasteiger partial charge in [-0.1, -0.05) is 42.5 Å². The summed E-state index contributed by atoms with van der Waals surface area (Å²) in [5, 5.41) is 2.95. The zero-order valence-corrected chi connectivity index (χ0v) is 13.8. The van der Waals surface area contributed by atoms with Crippen LogP contribution in [0.25, 0.3) is 0 Å². The summed E-state index contributed by atoms with van der Waals surface area (Å²) in [7, 11) is 0. The van der Waals surface area contributed by atoms with Crippen LogP contribution in [0.15, 0.2) is 77.4 Å². The fourth-order valence-electron chi connectivity index (χ4n) is 2.82. The third kappa shape index (κ3) is 4.80. The van der Waals surface area contributed by atoms with E-state index in [1.807, 2.05) is 36.4 Å². The third-order valence-electron chi connectivity index (χ3n) is 4.13. The van der Waals surface area contributed by atoms with E-state index < -0.39 is 0 Å². The number of carbonyl (C=O) groups is 1.